The number of rotatable bonds is 6. The summed E-state index contributed by atoms with van der Waals surface area (Å²) >= 11 is 0. The number of carbonyl (C=O) groups excluding carboxylic acids is 2. The maximum atomic E-state index is 13.2. The van der Waals surface area contributed by atoms with E-state index in [9.17, 15) is 9.59 Å². The monoisotopic (exact) mass is 428 g/mol. The van der Waals surface area contributed by atoms with Crippen LogP contribution in [0.4, 0.5) is 5.69 Å². The average Bonchev–Trinajstić information content (AvgIpc) is 3.49. The van der Waals surface area contributed by atoms with Gasteiger partial charge in [0.1, 0.15) is 0 Å². The molecule has 6 nitrogen and oxygen atoms in total. The first kappa shape index (κ1) is 20.1. The van der Waals surface area contributed by atoms with Crippen LogP contribution >= 0.6 is 0 Å². The molecule has 6 heteroatoms. The summed E-state index contributed by atoms with van der Waals surface area (Å²) in [6, 6.07) is 21.6. The number of amides is 2. The van der Waals surface area contributed by atoms with Gasteiger partial charge in [-0.05, 0) is 59.4 Å². The first-order valence-electron chi connectivity index (χ1n) is 10.7. The highest BCUT2D eigenvalue weighted by atomic mass is 16.7. The lowest BCUT2D eigenvalue weighted by atomic mass is 9.94. The molecule has 2 amide bonds. The van der Waals surface area contributed by atoms with Crippen molar-refractivity contribution >= 4 is 17.5 Å². The molecule has 0 spiro atoms. The van der Waals surface area contributed by atoms with Crippen LogP contribution in [0.25, 0.3) is 11.1 Å². The van der Waals surface area contributed by atoms with Crippen LogP contribution in [0.5, 0.6) is 11.5 Å². The maximum absolute atomic E-state index is 13.2. The van der Waals surface area contributed by atoms with E-state index >= 15 is 0 Å². The van der Waals surface area contributed by atoms with Crippen LogP contribution < -0.4 is 20.1 Å². The summed E-state index contributed by atoms with van der Waals surface area (Å²) in [6.07, 6.45) is 1.63. The van der Waals surface area contributed by atoms with Gasteiger partial charge in [0.25, 0.3) is 0 Å². The third-order valence-corrected chi connectivity index (χ3v) is 6.06. The number of ether oxygens (including phenoxy) is 2. The van der Waals surface area contributed by atoms with Crippen molar-refractivity contribution in [2.75, 3.05) is 12.1 Å². The van der Waals surface area contributed by atoms with Crippen LogP contribution in [0.15, 0.2) is 66.7 Å². The van der Waals surface area contributed by atoms with Crippen LogP contribution in [0.2, 0.25) is 0 Å². The van der Waals surface area contributed by atoms with Gasteiger partial charge in [-0.1, -0.05) is 42.5 Å². The van der Waals surface area contributed by atoms with Crippen molar-refractivity contribution < 1.29 is 19.1 Å². The normalized spacial score (nSPS) is 15.2. The van der Waals surface area contributed by atoms with Gasteiger partial charge < -0.3 is 20.1 Å². The van der Waals surface area contributed by atoms with Crippen molar-refractivity contribution in [3.05, 3.63) is 77.9 Å². The van der Waals surface area contributed by atoms with E-state index in [2.05, 4.69) is 10.6 Å². The standard InChI is InChI=1S/C26H24N2O4/c1-17(29)27-15-18-5-7-19(8-6-18)20-3-2-4-22(13-20)28-25(30)26(11-12-26)21-9-10-23-24(14-21)32-16-31-23/h2-10,13-14H,11-12,15-16H2,1H3,(H,27,29)(H,28,30). The van der Waals surface area contributed by atoms with Crippen molar-refractivity contribution in [3.63, 3.8) is 0 Å². The smallest absolute Gasteiger partial charge is 0.235 e. The molecule has 3 aromatic carbocycles. The molecule has 0 atom stereocenters. The zero-order valence-electron chi connectivity index (χ0n) is 17.8. The van der Waals surface area contributed by atoms with Crippen LogP contribution in [-0.4, -0.2) is 18.6 Å². The first-order valence-corrected chi connectivity index (χ1v) is 10.7. The van der Waals surface area contributed by atoms with Crippen molar-refractivity contribution in [1.82, 2.24) is 5.32 Å². The molecular formula is C26H24N2O4. The Morgan fingerprint density at radius 1 is 0.906 bits per heavy atom. The fraction of sp³-hybridized carbons (Fsp3) is 0.231. The fourth-order valence-corrected chi connectivity index (χ4v) is 4.03. The molecule has 2 N–H and O–H groups in total. The topological polar surface area (TPSA) is 76.7 Å². The van der Waals surface area contributed by atoms with E-state index in [4.69, 9.17) is 9.47 Å². The lowest BCUT2D eigenvalue weighted by molar-refractivity contribution is -0.119. The summed E-state index contributed by atoms with van der Waals surface area (Å²) in [5, 5.41) is 5.90. The van der Waals surface area contributed by atoms with E-state index in [1.165, 1.54) is 6.92 Å². The Hall–Kier alpha value is -3.80. The Kier molecular flexibility index (Phi) is 5.05. The predicted molar refractivity (Wildman–Crippen MR) is 122 cm³/mol. The molecule has 5 rings (SSSR count). The SMILES string of the molecule is CC(=O)NCc1ccc(-c2cccc(NC(=O)C3(c4ccc5c(c4)OCO5)CC3)c2)cc1. The fourth-order valence-electron chi connectivity index (χ4n) is 4.03. The number of hydrogen-bond donors (Lipinski definition) is 2. The van der Waals surface area contributed by atoms with Crippen molar-refractivity contribution in [2.24, 2.45) is 0 Å². The van der Waals surface area contributed by atoms with Crippen LogP contribution in [0.1, 0.15) is 30.9 Å². The van der Waals surface area contributed by atoms with Crippen molar-refractivity contribution in [1.29, 1.82) is 0 Å². The summed E-state index contributed by atoms with van der Waals surface area (Å²) in [4.78, 5) is 24.3. The molecule has 3 aromatic rings. The maximum Gasteiger partial charge on any atom is 0.235 e. The molecule has 1 aliphatic heterocycles. The predicted octanol–water partition coefficient (Wildman–Crippen LogP) is 4.39. The molecule has 32 heavy (non-hydrogen) atoms. The summed E-state index contributed by atoms with van der Waals surface area (Å²) in [5.74, 6) is 1.37. The second-order valence-electron chi connectivity index (χ2n) is 8.29. The molecule has 2 aliphatic rings. The van der Waals surface area contributed by atoms with Gasteiger partial charge in [-0.15, -0.1) is 0 Å². The third-order valence-electron chi connectivity index (χ3n) is 6.06. The average molecular weight is 428 g/mol. The highest BCUT2D eigenvalue weighted by Crippen LogP contribution is 2.51. The Balaban J connectivity index is 1.31. The van der Waals surface area contributed by atoms with Crippen LogP contribution in [0.3, 0.4) is 0 Å². The minimum atomic E-state index is -0.512. The molecule has 1 saturated carbocycles. The van der Waals surface area contributed by atoms with E-state index in [1.54, 1.807) is 0 Å². The molecule has 1 fully saturated rings. The Bertz CT molecular complexity index is 1180. The Morgan fingerprint density at radius 3 is 2.44 bits per heavy atom. The lowest BCUT2D eigenvalue weighted by Gasteiger charge is -2.17. The molecule has 0 saturated heterocycles. The quantitative estimate of drug-likeness (QED) is 0.611. The highest BCUT2D eigenvalue weighted by Gasteiger charge is 2.51. The van der Waals surface area contributed by atoms with E-state index < -0.39 is 5.41 Å². The van der Waals surface area contributed by atoms with Gasteiger partial charge in [-0.25, -0.2) is 0 Å². The zero-order valence-corrected chi connectivity index (χ0v) is 17.8. The lowest BCUT2D eigenvalue weighted by Crippen LogP contribution is -2.27. The van der Waals surface area contributed by atoms with Gasteiger partial charge in [0.15, 0.2) is 11.5 Å². The van der Waals surface area contributed by atoms with Gasteiger partial charge in [0, 0.05) is 19.2 Å². The van der Waals surface area contributed by atoms with Crippen LogP contribution in [-0.2, 0) is 21.5 Å². The number of carbonyl (C=O) groups is 2. The van der Waals surface area contributed by atoms with Gasteiger partial charge in [0.2, 0.25) is 18.6 Å². The summed E-state index contributed by atoms with van der Waals surface area (Å²) in [7, 11) is 0. The second kappa shape index (κ2) is 8.04. The van der Waals surface area contributed by atoms with Gasteiger partial charge in [-0.2, -0.15) is 0 Å². The highest BCUT2D eigenvalue weighted by molar-refractivity contribution is 6.01. The summed E-state index contributed by atoms with van der Waals surface area (Å²) in [5.41, 5.74) is 4.31. The molecule has 0 unspecified atom stereocenters. The van der Waals surface area contributed by atoms with Crippen LogP contribution in [0, 0.1) is 0 Å². The second-order valence-corrected chi connectivity index (χ2v) is 8.29. The van der Waals surface area contributed by atoms with Crippen molar-refractivity contribution in [2.45, 2.75) is 31.7 Å². The number of hydrogen-bond acceptors (Lipinski definition) is 4. The molecule has 1 aliphatic carbocycles. The Morgan fingerprint density at radius 2 is 1.69 bits per heavy atom. The molecule has 1 heterocycles. The zero-order chi connectivity index (χ0) is 22.1. The minimum Gasteiger partial charge on any atom is -0.454 e. The first-order chi connectivity index (χ1) is 15.5. The van der Waals surface area contributed by atoms with E-state index in [0.717, 1.165) is 46.5 Å². The van der Waals surface area contributed by atoms with E-state index in [1.807, 2.05) is 66.7 Å². The molecular weight excluding hydrogens is 404 g/mol. The van der Waals surface area contributed by atoms with E-state index in [0.29, 0.717) is 12.3 Å². The van der Waals surface area contributed by atoms with Crippen molar-refractivity contribution in [3.8, 4) is 22.6 Å². The Labute approximate surface area is 186 Å². The number of anilines is 1. The largest absolute Gasteiger partial charge is 0.454 e. The van der Waals surface area contributed by atoms with Gasteiger partial charge in [0.05, 0.1) is 5.41 Å². The molecule has 162 valence electrons. The number of fused-ring (bicyclic) bond motifs is 1. The molecule has 0 aromatic heterocycles. The summed E-state index contributed by atoms with van der Waals surface area (Å²) in [6.45, 7) is 2.24. The number of nitrogens with one attached hydrogen (secondary N) is 2. The van der Waals surface area contributed by atoms with Gasteiger partial charge >= 0.3 is 0 Å². The van der Waals surface area contributed by atoms with Gasteiger partial charge in [-0.3, -0.25) is 9.59 Å². The molecule has 0 radical (unpaired) electrons. The minimum absolute atomic E-state index is 0.000768. The van der Waals surface area contributed by atoms with E-state index in [-0.39, 0.29) is 18.6 Å². The molecule has 0 bridgehead atoms. The number of benzene rings is 3. The third kappa shape index (κ3) is 3.91. The summed E-state index contributed by atoms with van der Waals surface area (Å²) < 4.78 is 10.9.